The largest absolute Gasteiger partial charge is 0.313 e. The fourth-order valence-corrected chi connectivity index (χ4v) is 2.56. The van der Waals surface area contributed by atoms with Crippen LogP contribution in [0.25, 0.3) is 11.0 Å². The number of imidazole rings is 1. The summed E-state index contributed by atoms with van der Waals surface area (Å²) in [7, 11) is 4.05. The highest BCUT2D eigenvalue weighted by Gasteiger charge is 2.20. The molecule has 5 heteroatoms. The smallest absolute Gasteiger partial charge is 0.128 e. The standard InChI is InChI=1S/C14H17ClN4/c1-4-12(18(2)3)14-17-11-9-10(15)5-6-13(11)19(14)8-7-16/h5-6,9,12H,4,8H2,1-3H3. The van der Waals surface area contributed by atoms with E-state index >= 15 is 0 Å². The second kappa shape index (κ2) is 5.60. The maximum Gasteiger partial charge on any atom is 0.128 e. The van der Waals surface area contributed by atoms with Crippen LogP contribution in [0.5, 0.6) is 0 Å². The lowest BCUT2D eigenvalue weighted by Crippen LogP contribution is -2.23. The van der Waals surface area contributed by atoms with Crippen LogP contribution in [0, 0.1) is 11.3 Å². The van der Waals surface area contributed by atoms with Crippen LogP contribution in [0.3, 0.4) is 0 Å². The number of rotatable bonds is 4. The fraction of sp³-hybridized carbons (Fsp3) is 0.429. The van der Waals surface area contributed by atoms with Crippen molar-refractivity contribution >= 4 is 22.6 Å². The van der Waals surface area contributed by atoms with Crippen molar-refractivity contribution in [3.8, 4) is 6.07 Å². The van der Waals surface area contributed by atoms with Gasteiger partial charge in [0.25, 0.3) is 0 Å². The number of hydrogen-bond acceptors (Lipinski definition) is 3. The zero-order chi connectivity index (χ0) is 14.0. The Balaban J connectivity index is 2.65. The Labute approximate surface area is 118 Å². The Kier molecular flexibility index (Phi) is 4.08. The molecule has 4 nitrogen and oxygen atoms in total. The summed E-state index contributed by atoms with van der Waals surface area (Å²) in [6, 6.07) is 8.00. The summed E-state index contributed by atoms with van der Waals surface area (Å²) in [6.07, 6.45) is 0.940. The second-order valence-corrected chi connectivity index (χ2v) is 5.17. The SMILES string of the molecule is CCC(c1nc2cc(Cl)ccc2n1CC#N)N(C)C. The zero-order valence-corrected chi connectivity index (χ0v) is 12.1. The molecule has 0 fully saturated rings. The van der Waals surface area contributed by atoms with Crippen LogP contribution < -0.4 is 0 Å². The van der Waals surface area contributed by atoms with Crippen molar-refractivity contribution in [3.63, 3.8) is 0 Å². The highest BCUT2D eigenvalue weighted by molar-refractivity contribution is 6.31. The van der Waals surface area contributed by atoms with Crippen molar-refractivity contribution in [2.45, 2.75) is 25.9 Å². The van der Waals surface area contributed by atoms with Gasteiger partial charge < -0.3 is 4.57 Å². The molecule has 1 unspecified atom stereocenters. The first-order chi connectivity index (χ1) is 9.08. The van der Waals surface area contributed by atoms with E-state index in [2.05, 4.69) is 22.9 Å². The molecule has 1 aromatic carbocycles. The van der Waals surface area contributed by atoms with Gasteiger partial charge in [-0.2, -0.15) is 5.26 Å². The lowest BCUT2D eigenvalue weighted by atomic mass is 10.2. The van der Waals surface area contributed by atoms with Crippen LogP contribution in [0.15, 0.2) is 18.2 Å². The molecular weight excluding hydrogens is 260 g/mol. The van der Waals surface area contributed by atoms with Crippen LogP contribution in [-0.4, -0.2) is 28.5 Å². The summed E-state index contributed by atoms with van der Waals surface area (Å²) in [6.45, 7) is 2.42. The molecule has 0 saturated carbocycles. The molecule has 2 aromatic rings. The number of nitrogens with zero attached hydrogens (tertiary/aromatic N) is 4. The Hall–Kier alpha value is -1.57. The first-order valence-corrected chi connectivity index (χ1v) is 6.65. The first-order valence-electron chi connectivity index (χ1n) is 6.27. The van der Waals surface area contributed by atoms with Gasteiger partial charge in [0.15, 0.2) is 0 Å². The van der Waals surface area contributed by atoms with Gasteiger partial charge in [-0.1, -0.05) is 18.5 Å². The van der Waals surface area contributed by atoms with Gasteiger partial charge in [-0.3, -0.25) is 4.90 Å². The molecule has 1 aromatic heterocycles. The number of aromatic nitrogens is 2. The van der Waals surface area contributed by atoms with Gasteiger partial charge in [0.05, 0.1) is 23.1 Å². The maximum atomic E-state index is 9.03. The average molecular weight is 277 g/mol. The summed E-state index contributed by atoms with van der Waals surface area (Å²) in [5, 5.41) is 9.70. The normalized spacial score (nSPS) is 12.8. The summed E-state index contributed by atoms with van der Waals surface area (Å²) in [4.78, 5) is 6.79. The number of fused-ring (bicyclic) bond motifs is 1. The highest BCUT2D eigenvalue weighted by atomic mass is 35.5. The van der Waals surface area contributed by atoms with Crippen molar-refractivity contribution in [1.29, 1.82) is 5.26 Å². The molecule has 0 amide bonds. The quantitative estimate of drug-likeness (QED) is 0.861. The molecule has 0 spiro atoms. The van der Waals surface area contributed by atoms with Crippen LogP contribution in [-0.2, 0) is 6.54 Å². The van der Waals surface area contributed by atoms with E-state index in [-0.39, 0.29) is 6.04 Å². The van der Waals surface area contributed by atoms with E-state index in [1.165, 1.54) is 0 Å². The van der Waals surface area contributed by atoms with Crippen molar-refractivity contribution in [3.05, 3.63) is 29.0 Å². The fourth-order valence-electron chi connectivity index (χ4n) is 2.39. The summed E-state index contributed by atoms with van der Waals surface area (Å²) >= 11 is 6.01. The van der Waals surface area contributed by atoms with Gasteiger partial charge in [0.1, 0.15) is 12.4 Å². The number of hydrogen-bond donors (Lipinski definition) is 0. The second-order valence-electron chi connectivity index (χ2n) is 4.73. The molecule has 0 radical (unpaired) electrons. The van der Waals surface area contributed by atoms with Gasteiger partial charge in [-0.25, -0.2) is 4.98 Å². The minimum Gasteiger partial charge on any atom is -0.313 e. The molecule has 0 aliphatic heterocycles. The van der Waals surface area contributed by atoms with E-state index in [1.807, 2.05) is 36.9 Å². The first kappa shape index (κ1) is 13.9. The van der Waals surface area contributed by atoms with Gasteiger partial charge in [0, 0.05) is 5.02 Å². The molecule has 100 valence electrons. The molecule has 0 N–H and O–H groups in total. The van der Waals surface area contributed by atoms with E-state index in [4.69, 9.17) is 16.9 Å². The third-order valence-corrected chi connectivity index (χ3v) is 3.51. The maximum absolute atomic E-state index is 9.03. The van der Waals surface area contributed by atoms with Crippen LogP contribution >= 0.6 is 11.6 Å². The Bertz CT molecular complexity index is 624. The minimum absolute atomic E-state index is 0.194. The molecular formula is C14H17ClN4. The number of nitriles is 1. The van der Waals surface area contributed by atoms with E-state index in [1.54, 1.807) is 0 Å². The molecule has 0 aliphatic rings. The predicted octanol–water partition coefficient (Wildman–Crippen LogP) is 3.23. The minimum atomic E-state index is 0.194. The molecule has 2 rings (SSSR count). The van der Waals surface area contributed by atoms with Crippen LogP contribution in [0.2, 0.25) is 5.02 Å². The summed E-state index contributed by atoms with van der Waals surface area (Å²) < 4.78 is 1.97. The summed E-state index contributed by atoms with van der Waals surface area (Å²) in [5.41, 5.74) is 1.80. The predicted molar refractivity (Wildman–Crippen MR) is 77.1 cm³/mol. The van der Waals surface area contributed by atoms with Gasteiger partial charge in [-0.15, -0.1) is 0 Å². The number of benzene rings is 1. The van der Waals surface area contributed by atoms with Gasteiger partial charge in [-0.05, 0) is 38.7 Å². The van der Waals surface area contributed by atoms with Crippen molar-refractivity contribution in [2.24, 2.45) is 0 Å². The molecule has 1 heterocycles. The van der Waals surface area contributed by atoms with Gasteiger partial charge in [0.2, 0.25) is 0 Å². The van der Waals surface area contributed by atoms with E-state index < -0.39 is 0 Å². The lowest BCUT2D eigenvalue weighted by molar-refractivity contribution is 0.275. The molecule has 0 saturated heterocycles. The summed E-state index contributed by atoms with van der Waals surface area (Å²) in [5.74, 6) is 0.923. The molecule has 0 aliphatic carbocycles. The van der Waals surface area contributed by atoms with E-state index in [9.17, 15) is 0 Å². The number of halogens is 1. The van der Waals surface area contributed by atoms with Crippen LogP contribution in [0.4, 0.5) is 0 Å². The monoisotopic (exact) mass is 276 g/mol. The van der Waals surface area contributed by atoms with Crippen molar-refractivity contribution < 1.29 is 0 Å². The Morgan fingerprint density at radius 1 is 1.47 bits per heavy atom. The molecule has 19 heavy (non-hydrogen) atoms. The van der Waals surface area contributed by atoms with Crippen LogP contribution in [0.1, 0.15) is 25.2 Å². The van der Waals surface area contributed by atoms with Crippen molar-refractivity contribution in [1.82, 2.24) is 14.5 Å². The van der Waals surface area contributed by atoms with Gasteiger partial charge >= 0.3 is 0 Å². The Morgan fingerprint density at radius 3 is 2.79 bits per heavy atom. The van der Waals surface area contributed by atoms with E-state index in [0.29, 0.717) is 11.6 Å². The topological polar surface area (TPSA) is 44.9 Å². The van der Waals surface area contributed by atoms with E-state index in [0.717, 1.165) is 23.3 Å². The third-order valence-electron chi connectivity index (χ3n) is 3.28. The van der Waals surface area contributed by atoms with Crippen molar-refractivity contribution in [2.75, 3.05) is 14.1 Å². The molecule has 1 atom stereocenters. The zero-order valence-electron chi connectivity index (χ0n) is 11.4. The average Bonchev–Trinajstić information content (AvgIpc) is 2.68. The lowest BCUT2D eigenvalue weighted by Gasteiger charge is -2.22. The Morgan fingerprint density at radius 2 is 2.21 bits per heavy atom. The highest BCUT2D eigenvalue weighted by Crippen LogP contribution is 2.27. The molecule has 0 bridgehead atoms. The third kappa shape index (κ3) is 2.58.